The van der Waals surface area contributed by atoms with E-state index < -0.39 is 0 Å². The van der Waals surface area contributed by atoms with Crippen LogP contribution < -0.4 is 10.4 Å². The molecule has 0 bridgehead atoms. The summed E-state index contributed by atoms with van der Waals surface area (Å²) in [5, 5.41) is 2.59. The molecule has 0 aromatic heterocycles. The van der Waals surface area contributed by atoms with Crippen LogP contribution in [0.15, 0.2) is 18.2 Å². The van der Waals surface area contributed by atoms with Crippen LogP contribution in [0.3, 0.4) is 0 Å². The van der Waals surface area contributed by atoms with Gasteiger partial charge in [0.2, 0.25) is 0 Å². The average molecular weight is 174 g/mol. The molecule has 2 rings (SSSR count). The van der Waals surface area contributed by atoms with Gasteiger partial charge in [-0.2, -0.15) is 0 Å². The highest BCUT2D eigenvalue weighted by molar-refractivity contribution is 5.46. The molecule has 0 aliphatic heterocycles. The molecule has 1 nitrogen and oxygen atoms in total. The van der Waals surface area contributed by atoms with Crippen LogP contribution in [-0.2, 0) is 4.74 Å². The maximum Gasteiger partial charge on any atom is 0.104 e. The molecular formula is C12H14O. The van der Waals surface area contributed by atoms with Crippen molar-refractivity contribution in [3.63, 3.8) is 0 Å². The number of fused-ring (bicyclic) bond motifs is 1. The van der Waals surface area contributed by atoms with Crippen molar-refractivity contribution in [2.24, 2.45) is 0 Å². The molecule has 0 saturated heterocycles. The Morgan fingerprint density at radius 1 is 1.31 bits per heavy atom. The largest absolute Gasteiger partial charge is 0.500 e. The van der Waals surface area contributed by atoms with E-state index in [1.54, 1.807) is 7.11 Å². The van der Waals surface area contributed by atoms with Crippen LogP contribution in [0.25, 0.3) is 11.8 Å². The summed E-state index contributed by atoms with van der Waals surface area (Å²) in [7, 11) is 1.75. The van der Waals surface area contributed by atoms with E-state index in [1.165, 1.54) is 16.0 Å². The van der Waals surface area contributed by atoms with Crippen LogP contribution >= 0.6 is 0 Å². The summed E-state index contributed by atoms with van der Waals surface area (Å²) in [6, 6.07) is 6.50. The van der Waals surface area contributed by atoms with Gasteiger partial charge in [0.15, 0.2) is 0 Å². The van der Waals surface area contributed by atoms with Crippen molar-refractivity contribution >= 4 is 11.8 Å². The molecule has 1 heteroatoms. The fourth-order valence-electron chi connectivity index (χ4n) is 1.81. The van der Waals surface area contributed by atoms with E-state index >= 15 is 0 Å². The van der Waals surface area contributed by atoms with Gasteiger partial charge in [0.25, 0.3) is 0 Å². The van der Waals surface area contributed by atoms with Crippen LogP contribution in [0, 0.1) is 6.92 Å². The van der Waals surface area contributed by atoms with Gasteiger partial charge in [-0.05, 0) is 18.6 Å². The highest BCUT2D eigenvalue weighted by Gasteiger charge is 2.03. The van der Waals surface area contributed by atoms with Crippen molar-refractivity contribution in [3.05, 3.63) is 34.2 Å². The summed E-state index contributed by atoms with van der Waals surface area (Å²) in [6.45, 7) is 2.12. The lowest BCUT2D eigenvalue weighted by molar-refractivity contribution is 0.348. The molecule has 68 valence electrons. The zero-order valence-corrected chi connectivity index (χ0v) is 8.13. The van der Waals surface area contributed by atoms with Crippen molar-refractivity contribution < 1.29 is 4.74 Å². The maximum atomic E-state index is 5.35. The van der Waals surface area contributed by atoms with Gasteiger partial charge in [-0.15, -0.1) is 0 Å². The molecule has 13 heavy (non-hydrogen) atoms. The Morgan fingerprint density at radius 2 is 2.15 bits per heavy atom. The van der Waals surface area contributed by atoms with Gasteiger partial charge in [-0.1, -0.05) is 29.8 Å². The van der Waals surface area contributed by atoms with Gasteiger partial charge >= 0.3 is 0 Å². The fourth-order valence-corrected chi connectivity index (χ4v) is 1.81. The highest BCUT2D eigenvalue weighted by Crippen LogP contribution is 2.07. The minimum atomic E-state index is 1.03. The van der Waals surface area contributed by atoms with E-state index in [2.05, 4.69) is 31.2 Å². The third-order valence-corrected chi connectivity index (χ3v) is 2.49. The first-order valence-corrected chi connectivity index (χ1v) is 4.65. The maximum absolute atomic E-state index is 5.35. The zero-order valence-electron chi connectivity index (χ0n) is 8.13. The van der Waals surface area contributed by atoms with Crippen LogP contribution in [0.2, 0.25) is 0 Å². The summed E-state index contributed by atoms with van der Waals surface area (Å²) >= 11 is 0. The van der Waals surface area contributed by atoms with Crippen LogP contribution in [-0.4, -0.2) is 7.11 Å². The van der Waals surface area contributed by atoms with Gasteiger partial charge in [0.1, 0.15) is 5.76 Å². The van der Waals surface area contributed by atoms with Crippen LogP contribution in [0.5, 0.6) is 0 Å². The monoisotopic (exact) mass is 174 g/mol. The third-order valence-electron chi connectivity index (χ3n) is 2.49. The van der Waals surface area contributed by atoms with Crippen molar-refractivity contribution in [3.8, 4) is 0 Å². The molecule has 1 aromatic rings. The lowest BCUT2D eigenvalue weighted by Crippen LogP contribution is -2.30. The molecular weight excluding hydrogens is 160 g/mol. The molecule has 0 amide bonds. The number of aryl methyl sites for hydroxylation is 1. The second kappa shape index (κ2) is 3.25. The van der Waals surface area contributed by atoms with Gasteiger partial charge in [-0.25, -0.2) is 0 Å². The van der Waals surface area contributed by atoms with E-state index in [0.717, 1.165) is 18.6 Å². The quantitative estimate of drug-likeness (QED) is 0.624. The number of ether oxygens (including phenoxy) is 1. The first-order chi connectivity index (χ1) is 6.31. The van der Waals surface area contributed by atoms with Crippen LogP contribution in [0.1, 0.15) is 18.4 Å². The molecule has 0 fully saturated rings. The molecule has 0 atom stereocenters. The van der Waals surface area contributed by atoms with Crippen molar-refractivity contribution in [2.45, 2.75) is 19.8 Å². The molecule has 0 unspecified atom stereocenters. The fraction of sp³-hybridized carbons (Fsp3) is 0.333. The van der Waals surface area contributed by atoms with Crippen molar-refractivity contribution in [2.75, 3.05) is 7.11 Å². The topological polar surface area (TPSA) is 9.23 Å². The van der Waals surface area contributed by atoms with Gasteiger partial charge in [0, 0.05) is 11.6 Å². The number of hydrogen-bond donors (Lipinski definition) is 0. The predicted molar refractivity (Wildman–Crippen MR) is 54.5 cm³/mol. The summed E-state index contributed by atoms with van der Waals surface area (Å²) in [5.41, 5.74) is 1.31. The van der Waals surface area contributed by atoms with E-state index in [-0.39, 0.29) is 0 Å². The van der Waals surface area contributed by atoms with E-state index in [9.17, 15) is 0 Å². The molecule has 0 N–H and O–H groups in total. The third kappa shape index (κ3) is 1.46. The Kier molecular flexibility index (Phi) is 2.09. The zero-order chi connectivity index (χ0) is 9.26. The second-order valence-corrected chi connectivity index (χ2v) is 3.46. The van der Waals surface area contributed by atoms with Gasteiger partial charge in [0.05, 0.1) is 7.11 Å². The van der Waals surface area contributed by atoms with Crippen molar-refractivity contribution in [1.82, 2.24) is 0 Å². The minimum Gasteiger partial charge on any atom is -0.500 e. The Labute approximate surface area is 78.3 Å². The molecule has 1 aliphatic carbocycles. The molecule has 0 heterocycles. The molecule has 1 aromatic carbocycles. The summed E-state index contributed by atoms with van der Waals surface area (Å²) < 4.78 is 5.35. The van der Waals surface area contributed by atoms with Gasteiger partial charge < -0.3 is 4.74 Å². The SMILES string of the molecule is COC1=c2ccc(C)cc2=CCC1. The normalized spacial score (nSPS) is 14.8. The smallest absolute Gasteiger partial charge is 0.104 e. The Morgan fingerprint density at radius 3 is 2.92 bits per heavy atom. The second-order valence-electron chi connectivity index (χ2n) is 3.46. The number of benzene rings is 1. The molecule has 1 aliphatic rings. The Bertz CT molecular complexity index is 429. The Balaban J connectivity index is 2.77. The lowest BCUT2D eigenvalue weighted by Gasteiger charge is -2.09. The summed E-state index contributed by atoms with van der Waals surface area (Å²) in [5.74, 6) is 1.12. The molecule has 0 radical (unpaired) electrons. The summed E-state index contributed by atoms with van der Waals surface area (Å²) in [4.78, 5) is 0. The number of hydrogen-bond acceptors (Lipinski definition) is 1. The average Bonchev–Trinajstić information content (AvgIpc) is 2.16. The summed E-state index contributed by atoms with van der Waals surface area (Å²) in [6.07, 6.45) is 4.41. The van der Waals surface area contributed by atoms with Crippen molar-refractivity contribution in [1.29, 1.82) is 0 Å². The number of methoxy groups -OCH3 is 1. The van der Waals surface area contributed by atoms with E-state index in [4.69, 9.17) is 4.74 Å². The standard InChI is InChI=1S/C12H14O/c1-9-6-7-11-10(8-9)4-3-5-12(11)13-2/h4,6-8H,3,5H2,1-2H3. The predicted octanol–water partition coefficient (Wildman–Crippen LogP) is 1.32. The number of rotatable bonds is 1. The first kappa shape index (κ1) is 8.36. The Hall–Kier alpha value is -1.24. The minimum absolute atomic E-state index is 1.03. The molecule has 0 saturated carbocycles. The van der Waals surface area contributed by atoms with Crippen LogP contribution in [0.4, 0.5) is 0 Å². The van der Waals surface area contributed by atoms with Gasteiger partial charge in [-0.3, -0.25) is 0 Å². The molecule has 0 spiro atoms. The van der Waals surface area contributed by atoms with E-state index in [1.807, 2.05) is 0 Å². The first-order valence-electron chi connectivity index (χ1n) is 4.65. The highest BCUT2D eigenvalue weighted by atomic mass is 16.5. The lowest BCUT2D eigenvalue weighted by atomic mass is 10.0. The van der Waals surface area contributed by atoms with E-state index in [0.29, 0.717) is 0 Å².